The van der Waals surface area contributed by atoms with Crippen LogP contribution in [0.15, 0.2) is 36.5 Å². The lowest BCUT2D eigenvalue weighted by molar-refractivity contribution is 0.112. The molecule has 0 fully saturated rings. The Balaban J connectivity index is 2.61. The first-order chi connectivity index (χ1) is 6.81. The van der Waals surface area contributed by atoms with Crippen LogP contribution in [0.5, 0.6) is 0 Å². The number of benzene rings is 1. The minimum absolute atomic E-state index is 0.347. The first kappa shape index (κ1) is 8.69. The summed E-state index contributed by atoms with van der Waals surface area (Å²) in [6.07, 6.45) is 2.45. The summed E-state index contributed by atoms with van der Waals surface area (Å²) in [6, 6.07) is 7.68. The average Bonchev–Trinajstić information content (AvgIpc) is 2.70. The Bertz CT molecular complexity index is 448. The molecular weight excluding hydrogens is 181 g/mol. The lowest BCUT2D eigenvalue weighted by Crippen LogP contribution is -1.88. The van der Waals surface area contributed by atoms with Crippen molar-refractivity contribution in [3.05, 3.63) is 47.9 Å². The van der Waals surface area contributed by atoms with Gasteiger partial charge in [-0.2, -0.15) is 0 Å². The fourth-order valence-electron chi connectivity index (χ4n) is 1.36. The highest BCUT2D eigenvalue weighted by molar-refractivity contribution is 5.86. The van der Waals surface area contributed by atoms with Crippen molar-refractivity contribution in [3.63, 3.8) is 0 Å². The number of halogens is 1. The molecular formula is C11H8FNO. The lowest BCUT2D eigenvalue weighted by atomic mass is 10.1. The van der Waals surface area contributed by atoms with Crippen molar-refractivity contribution in [2.24, 2.45) is 0 Å². The van der Waals surface area contributed by atoms with Crippen LogP contribution in [-0.4, -0.2) is 11.3 Å². The Morgan fingerprint density at radius 1 is 1.29 bits per heavy atom. The number of carbonyl (C=O) groups is 1. The van der Waals surface area contributed by atoms with Gasteiger partial charge in [0, 0.05) is 23.0 Å². The van der Waals surface area contributed by atoms with Crippen LogP contribution in [0, 0.1) is 5.82 Å². The van der Waals surface area contributed by atoms with Crippen LogP contribution in [0.3, 0.4) is 0 Å². The summed E-state index contributed by atoms with van der Waals surface area (Å²) in [7, 11) is 0. The maximum Gasteiger partial charge on any atom is 0.150 e. The molecule has 0 bridgehead atoms. The van der Waals surface area contributed by atoms with E-state index in [0.717, 1.165) is 12.0 Å². The highest BCUT2D eigenvalue weighted by Gasteiger charge is 2.05. The minimum Gasteiger partial charge on any atom is -0.361 e. The molecule has 0 aliphatic heterocycles. The maximum atomic E-state index is 12.9. The number of H-pyrrole nitrogens is 1. The summed E-state index contributed by atoms with van der Waals surface area (Å²) in [5, 5.41) is 0. The molecule has 0 radical (unpaired) electrons. The molecule has 0 saturated carbocycles. The second-order valence-corrected chi connectivity index (χ2v) is 2.93. The van der Waals surface area contributed by atoms with Gasteiger partial charge in [0.05, 0.1) is 0 Å². The number of hydrogen-bond donors (Lipinski definition) is 1. The van der Waals surface area contributed by atoms with Gasteiger partial charge in [0.2, 0.25) is 0 Å². The zero-order valence-corrected chi connectivity index (χ0v) is 7.33. The summed E-state index contributed by atoms with van der Waals surface area (Å²) in [5.41, 5.74) is 1.81. The van der Waals surface area contributed by atoms with Crippen LogP contribution in [0.4, 0.5) is 4.39 Å². The third-order valence-electron chi connectivity index (χ3n) is 2.03. The Morgan fingerprint density at radius 2 is 2.14 bits per heavy atom. The van der Waals surface area contributed by atoms with E-state index in [9.17, 15) is 9.18 Å². The molecule has 2 aromatic rings. The topological polar surface area (TPSA) is 32.9 Å². The summed E-state index contributed by atoms with van der Waals surface area (Å²) in [6.45, 7) is 0. The fraction of sp³-hybridized carbons (Fsp3) is 0. The van der Waals surface area contributed by atoms with E-state index in [1.807, 2.05) is 0 Å². The molecule has 1 N–H and O–H groups in total. The molecule has 0 saturated heterocycles. The molecule has 3 heteroatoms. The van der Waals surface area contributed by atoms with Crippen molar-refractivity contribution in [1.82, 2.24) is 4.98 Å². The van der Waals surface area contributed by atoms with Gasteiger partial charge in [-0.05, 0) is 30.3 Å². The smallest absolute Gasteiger partial charge is 0.150 e. The minimum atomic E-state index is -0.347. The second kappa shape index (κ2) is 3.46. The molecule has 1 aromatic heterocycles. The van der Waals surface area contributed by atoms with Crippen LogP contribution in [0.1, 0.15) is 10.4 Å². The molecule has 2 rings (SSSR count). The van der Waals surface area contributed by atoms with Gasteiger partial charge in [-0.3, -0.25) is 4.79 Å². The van der Waals surface area contributed by atoms with Crippen LogP contribution in [-0.2, 0) is 0 Å². The predicted octanol–water partition coefficient (Wildman–Crippen LogP) is 2.63. The molecule has 0 spiro atoms. The third-order valence-corrected chi connectivity index (χ3v) is 2.03. The van der Waals surface area contributed by atoms with Crippen molar-refractivity contribution in [1.29, 1.82) is 0 Å². The molecule has 14 heavy (non-hydrogen) atoms. The first-order valence-corrected chi connectivity index (χ1v) is 4.20. The predicted molar refractivity (Wildman–Crippen MR) is 51.6 cm³/mol. The normalized spacial score (nSPS) is 10.1. The molecule has 0 aliphatic rings. The van der Waals surface area contributed by atoms with Crippen molar-refractivity contribution in [2.75, 3.05) is 0 Å². The van der Waals surface area contributed by atoms with Gasteiger partial charge < -0.3 is 4.98 Å². The standard InChI is InChI=1S/C11H8FNO/c12-9-4-3-8(7-14)10(6-9)11-2-1-5-13-11/h1-7,13H. The largest absolute Gasteiger partial charge is 0.361 e. The van der Waals surface area contributed by atoms with Gasteiger partial charge in [-0.25, -0.2) is 4.39 Å². The number of hydrogen-bond acceptors (Lipinski definition) is 1. The van der Waals surface area contributed by atoms with E-state index in [2.05, 4.69) is 4.98 Å². The van der Waals surface area contributed by atoms with Gasteiger partial charge in [0.15, 0.2) is 6.29 Å². The number of aromatic nitrogens is 1. The zero-order chi connectivity index (χ0) is 9.97. The molecule has 0 aliphatic carbocycles. The van der Waals surface area contributed by atoms with Crippen molar-refractivity contribution < 1.29 is 9.18 Å². The summed E-state index contributed by atoms with van der Waals surface area (Å²) in [4.78, 5) is 13.6. The molecule has 0 atom stereocenters. The van der Waals surface area contributed by atoms with Crippen molar-refractivity contribution in [2.45, 2.75) is 0 Å². The third kappa shape index (κ3) is 1.44. The Labute approximate surface area is 80.4 Å². The summed E-state index contributed by atoms with van der Waals surface area (Å²) in [5.74, 6) is -0.347. The molecule has 0 amide bonds. The average molecular weight is 189 g/mol. The van der Waals surface area contributed by atoms with E-state index in [1.165, 1.54) is 18.2 Å². The SMILES string of the molecule is O=Cc1ccc(F)cc1-c1ccc[nH]1. The van der Waals surface area contributed by atoms with E-state index in [-0.39, 0.29) is 5.82 Å². The van der Waals surface area contributed by atoms with Crippen LogP contribution >= 0.6 is 0 Å². The van der Waals surface area contributed by atoms with Gasteiger partial charge in [0.25, 0.3) is 0 Å². The Morgan fingerprint density at radius 3 is 2.79 bits per heavy atom. The fourth-order valence-corrected chi connectivity index (χ4v) is 1.36. The Kier molecular flexibility index (Phi) is 2.14. The zero-order valence-electron chi connectivity index (χ0n) is 7.33. The molecule has 1 heterocycles. The van der Waals surface area contributed by atoms with Crippen LogP contribution in [0.2, 0.25) is 0 Å². The highest BCUT2D eigenvalue weighted by Crippen LogP contribution is 2.21. The van der Waals surface area contributed by atoms with E-state index < -0.39 is 0 Å². The number of carbonyl (C=O) groups excluding carboxylic acids is 1. The van der Waals surface area contributed by atoms with Gasteiger partial charge >= 0.3 is 0 Å². The summed E-state index contributed by atoms with van der Waals surface area (Å²) < 4.78 is 12.9. The van der Waals surface area contributed by atoms with Gasteiger partial charge in [0.1, 0.15) is 5.82 Å². The van der Waals surface area contributed by atoms with E-state index >= 15 is 0 Å². The number of rotatable bonds is 2. The second-order valence-electron chi connectivity index (χ2n) is 2.93. The van der Waals surface area contributed by atoms with Gasteiger partial charge in [-0.1, -0.05) is 0 Å². The Hall–Kier alpha value is -1.90. The summed E-state index contributed by atoms with van der Waals surface area (Å²) >= 11 is 0. The molecule has 0 unspecified atom stereocenters. The van der Waals surface area contributed by atoms with Crippen molar-refractivity contribution in [3.8, 4) is 11.3 Å². The quantitative estimate of drug-likeness (QED) is 0.724. The number of nitrogens with one attached hydrogen (secondary N) is 1. The molecule has 1 aromatic carbocycles. The number of aromatic amines is 1. The van der Waals surface area contributed by atoms with E-state index in [1.54, 1.807) is 18.3 Å². The first-order valence-electron chi connectivity index (χ1n) is 4.20. The lowest BCUT2D eigenvalue weighted by Gasteiger charge is -2.01. The molecule has 2 nitrogen and oxygen atoms in total. The number of aldehydes is 1. The van der Waals surface area contributed by atoms with Crippen molar-refractivity contribution >= 4 is 6.29 Å². The van der Waals surface area contributed by atoms with Crippen LogP contribution < -0.4 is 0 Å². The van der Waals surface area contributed by atoms with Crippen LogP contribution in [0.25, 0.3) is 11.3 Å². The maximum absolute atomic E-state index is 12.9. The van der Waals surface area contributed by atoms with Gasteiger partial charge in [-0.15, -0.1) is 0 Å². The van der Waals surface area contributed by atoms with E-state index in [4.69, 9.17) is 0 Å². The molecule has 70 valence electrons. The van der Waals surface area contributed by atoms with E-state index in [0.29, 0.717) is 11.1 Å². The monoisotopic (exact) mass is 189 g/mol. The highest BCUT2D eigenvalue weighted by atomic mass is 19.1.